The molecule has 3 N–H and O–H groups in total. The molecule has 0 saturated heterocycles. The Morgan fingerprint density at radius 3 is 2.06 bits per heavy atom. The van der Waals surface area contributed by atoms with Crippen LogP contribution >= 0.6 is 0 Å². The third-order valence-corrected chi connectivity index (χ3v) is 6.17. The highest BCUT2D eigenvalue weighted by Gasteiger charge is 2.30. The van der Waals surface area contributed by atoms with Crippen molar-refractivity contribution in [2.75, 3.05) is 11.9 Å². The van der Waals surface area contributed by atoms with Crippen LogP contribution in [0.15, 0.2) is 72.8 Å². The minimum Gasteiger partial charge on any atom is -0.481 e. The summed E-state index contributed by atoms with van der Waals surface area (Å²) < 4.78 is 5.49. The highest BCUT2D eigenvalue weighted by atomic mass is 16.5. The number of benzene rings is 3. The van der Waals surface area contributed by atoms with Crippen molar-refractivity contribution in [3.05, 3.63) is 89.5 Å². The maximum atomic E-state index is 12.9. The second-order valence-electron chi connectivity index (χ2n) is 8.85. The number of carboxylic acid groups (broad SMARTS) is 1. The summed E-state index contributed by atoms with van der Waals surface area (Å²) >= 11 is 0. The fourth-order valence-corrected chi connectivity index (χ4v) is 4.50. The normalized spacial score (nSPS) is 13.0. The molecule has 7 heteroatoms. The molecule has 0 radical (unpaired) electrons. The van der Waals surface area contributed by atoms with Gasteiger partial charge in [0.1, 0.15) is 12.6 Å². The second-order valence-corrected chi connectivity index (χ2v) is 8.85. The monoisotopic (exact) mass is 472 g/mol. The van der Waals surface area contributed by atoms with Crippen LogP contribution in [-0.4, -0.2) is 35.7 Å². The third-order valence-electron chi connectivity index (χ3n) is 6.17. The summed E-state index contributed by atoms with van der Waals surface area (Å²) in [7, 11) is 0. The Balaban J connectivity index is 1.44. The van der Waals surface area contributed by atoms with Crippen LogP contribution in [-0.2, 0) is 14.3 Å². The van der Waals surface area contributed by atoms with Gasteiger partial charge in [0.05, 0.1) is 6.42 Å². The van der Waals surface area contributed by atoms with Crippen molar-refractivity contribution in [3.8, 4) is 11.1 Å². The number of alkyl carbamates (subject to hydrolysis) is 1. The largest absolute Gasteiger partial charge is 0.481 e. The molecule has 180 valence electrons. The van der Waals surface area contributed by atoms with Crippen molar-refractivity contribution in [1.29, 1.82) is 0 Å². The first-order valence-corrected chi connectivity index (χ1v) is 11.6. The molecule has 1 aliphatic rings. The number of nitrogens with one attached hydrogen (secondary N) is 2. The maximum Gasteiger partial charge on any atom is 0.407 e. The molecule has 0 aliphatic heterocycles. The Labute approximate surface area is 204 Å². The smallest absolute Gasteiger partial charge is 0.407 e. The first kappa shape index (κ1) is 24.0. The number of aliphatic carboxylic acids is 1. The lowest BCUT2D eigenvalue weighted by Gasteiger charge is -2.20. The molecule has 1 aliphatic carbocycles. The quantitative estimate of drug-likeness (QED) is 0.422. The van der Waals surface area contributed by atoms with Crippen LogP contribution in [0.5, 0.6) is 0 Å². The van der Waals surface area contributed by atoms with Gasteiger partial charge in [0.25, 0.3) is 0 Å². The summed E-state index contributed by atoms with van der Waals surface area (Å²) in [6.45, 7) is 4.06. The molecule has 1 atom stereocenters. The molecule has 3 aromatic carbocycles. The van der Waals surface area contributed by atoms with Crippen LogP contribution in [0.3, 0.4) is 0 Å². The van der Waals surface area contributed by atoms with Crippen LogP contribution < -0.4 is 10.6 Å². The molecule has 0 heterocycles. The van der Waals surface area contributed by atoms with Gasteiger partial charge in [-0.2, -0.15) is 0 Å². The fourth-order valence-electron chi connectivity index (χ4n) is 4.50. The molecule has 0 aromatic heterocycles. The minimum absolute atomic E-state index is 0.0669. The molecule has 7 nitrogen and oxygen atoms in total. The summed E-state index contributed by atoms with van der Waals surface area (Å²) in [4.78, 5) is 36.9. The van der Waals surface area contributed by atoms with Crippen molar-refractivity contribution in [1.82, 2.24) is 5.32 Å². The summed E-state index contributed by atoms with van der Waals surface area (Å²) in [5.74, 6) is -1.81. The Hall–Kier alpha value is -4.13. The number of amides is 2. The minimum atomic E-state index is -1.29. The van der Waals surface area contributed by atoms with E-state index in [-0.39, 0.29) is 18.4 Å². The van der Waals surface area contributed by atoms with Crippen molar-refractivity contribution < 1.29 is 24.2 Å². The van der Waals surface area contributed by atoms with Gasteiger partial charge in [0.2, 0.25) is 5.91 Å². The molecule has 4 rings (SSSR count). The van der Waals surface area contributed by atoms with Gasteiger partial charge in [0, 0.05) is 11.6 Å². The number of carbonyl (C=O) groups excluding carboxylic acids is 2. The molecular weight excluding hydrogens is 444 g/mol. The van der Waals surface area contributed by atoms with Gasteiger partial charge in [-0.15, -0.1) is 0 Å². The van der Waals surface area contributed by atoms with Gasteiger partial charge < -0.3 is 20.5 Å². The Kier molecular flexibility index (Phi) is 7.15. The Bertz CT molecular complexity index is 1210. The predicted octanol–water partition coefficient (Wildman–Crippen LogP) is 5.13. The number of carboxylic acids is 1. The number of fused-ring (bicyclic) bond motifs is 3. The number of rotatable bonds is 8. The summed E-state index contributed by atoms with van der Waals surface area (Å²) in [5, 5.41) is 14.5. The van der Waals surface area contributed by atoms with Crippen molar-refractivity contribution in [3.63, 3.8) is 0 Å². The van der Waals surface area contributed by atoms with E-state index in [0.29, 0.717) is 5.69 Å². The average Bonchev–Trinajstić information content (AvgIpc) is 3.16. The molecule has 1 unspecified atom stereocenters. The molecule has 2 amide bonds. The lowest BCUT2D eigenvalue weighted by molar-refractivity contribution is -0.139. The number of anilines is 1. The number of hydrogen-bond donors (Lipinski definition) is 3. The zero-order valence-electron chi connectivity index (χ0n) is 19.7. The first-order chi connectivity index (χ1) is 16.8. The van der Waals surface area contributed by atoms with E-state index in [0.717, 1.165) is 27.8 Å². The van der Waals surface area contributed by atoms with E-state index in [1.54, 1.807) is 12.1 Å². The van der Waals surface area contributed by atoms with E-state index in [1.807, 2.05) is 74.5 Å². The number of hydrogen-bond acceptors (Lipinski definition) is 4. The van der Waals surface area contributed by atoms with Gasteiger partial charge in [0.15, 0.2) is 0 Å². The van der Waals surface area contributed by atoms with Crippen LogP contribution in [0.1, 0.15) is 48.8 Å². The van der Waals surface area contributed by atoms with Gasteiger partial charge in [-0.3, -0.25) is 9.59 Å². The summed E-state index contributed by atoms with van der Waals surface area (Å²) in [6, 6.07) is 21.9. The molecule has 3 aromatic rings. The molecule has 0 fully saturated rings. The molecule has 0 spiro atoms. The standard InChI is InChI=1S/C28H28N2O5/c1-17(2)18-9-7-8-14-24(18)29-27(33)25(15-26(31)32)30-28(34)35-16-23-21-12-5-3-10-19(21)20-11-4-6-13-22(20)23/h3-14,17,23,25H,15-16H2,1-2H3,(H,29,33)(H,30,34)(H,31,32). The first-order valence-electron chi connectivity index (χ1n) is 11.6. The summed E-state index contributed by atoms with van der Waals surface area (Å²) in [6.07, 6.45) is -1.41. The molecular formula is C28H28N2O5. The topological polar surface area (TPSA) is 105 Å². The van der Waals surface area contributed by atoms with E-state index in [4.69, 9.17) is 4.74 Å². The van der Waals surface area contributed by atoms with Crippen LogP contribution in [0.2, 0.25) is 0 Å². The van der Waals surface area contributed by atoms with E-state index in [2.05, 4.69) is 10.6 Å². The predicted molar refractivity (Wildman–Crippen MR) is 133 cm³/mol. The lowest BCUT2D eigenvalue weighted by Crippen LogP contribution is -2.45. The van der Waals surface area contributed by atoms with Crippen molar-refractivity contribution in [2.45, 2.75) is 38.1 Å². The van der Waals surface area contributed by atoms with Crippen LogP contribution in [0.4, 0.5) is 10.5 Å². The number of para-hydroxylation sites is 1. The Morgan fingerprint density at radius 2 is 1.46 bits per heavy atom. The second kappa shape index (κ2) is 10.4. The molecule has 0 saturated carbocycles. The van der Waals surface area contributed by atoms with Gasteiger partial charge >= 0.3 is 12.1 Å². The van der Waals surface area contributed by atoms with Crippen LogP contribution in [0.25, 0.3) is 11.1 Å². The number of ether oxygens (including phenoxy) is 1. The number of carbonyl (C=O) groups is 3. The molecule has 35 heavy (non-hydrogen) atoms. The highest BCUT2D eigenvalue weighted by molar-refractivity contribution is 5.99. The van der Waals surface area contributed by atoms with Gasteiger partial charge in [-0.25, -0.2) is 4.79 Å². The SMILES string of the molecule is CC(C)c1ccccc1NC(=O)C(CC(=O)O)NC(=O)OCC1c2ccccc2-c2ccccc21. The van der Waals surface area contributed by atoms with Gasteiger partial charge in [-0.05, 0) is 39.8 Å². The highest BCUT2D eigenvalue weighted by Crippen LogP contribution is 2.44. The zero-order valence-corrected chi connectivity index (χ0v) is 19.7. The van der Waals surface area contributed by atoms with Crippen molar-refractivity contribution >= 4 is 23.7 Å². The van der Waals surface area contributed by atoms with Crippen molar-refractivity contribution in [2.24, 2.45) is 0 Å². The lowest BCUT2D eigenvalue weighted by atomic mass is 9.98. The van der Waals surface area contributed by atoms with E-state index in [1.165, 1.54) is 0 Å². The van der Waals surface area contributed by atoms with Crippen LogP contribution in [0, 0.1) is 0 Å². The maximum absolute atomic E-state index is 12.9. The fraction of sp³-hybridized carbons (Fsp3) is 0.250. The third kappa shape index (κ3) is 5.35. The zero-order chi connectivity index (χ0) is 24.9. The van der Waals surface area contributed by atoms with E-state index >= 15 is 0 Å². The molecule has 0 bridgehead atoms. The summed E-state index contributed by atoms with van der Waals surface area (Å²) in [5.41, 5.74) is 5.82. The average molecular weight is 473 g/mol. The van der Waals surface area contributed by atoms with E-state index < -0.39 is 30.4 Å². The van der Waals surface area contributed by atoms with Gasteiger partial charge in [-0.1, -0.05) is 80.6 Å². The van der Waals surface area contributed by atoms with E-state index in [9.17, 15) is 19.5 Å². The Morgan fingerprint density at radius 1 is 0.886 bits per heavy atom.